The van der Waals surface area contributed by atoms with Gasteiger partial charge in [-0.1, -0.05) is 68.5 Å². The lowest BCUT2D eigenvalue weighted by Crippen LogP contribution is -1.99. The molecule has 2 aromatic rings. The van der Waals surface area contributed by atoms with Crippen LogP contribution in [0.15, 0.2) is 48.5 Å². The summed E-state index contributed by atoms with van der Waals surface area (Å²) in [7, 11) is 0. The van der Waals surface area contributed by atoms with Gasteiger partial charge in [0, 0.05) is 18.8 Å². The molecule has 0 amide bonds. The van der Waals surface area contributed by atoms with E-state index < -0.39 is 6.10 Å². The normalized spacial score (nSPS) is 12.2. The van der Waals surface area contributed by atoms with Gasteiger partial charge >= 0.3 is 0 Å². The molecular formula is C26H38O4. The van der Waals surface area contributed by atoms with Crippen LogP contribution in [-0.4, -0.2) is 28.5 Å². The largest absolute Gasteiger partial charge is 0.508 e. The maximum Gasteiger partial charge on any atom is 0.121 e. The van der Waals surface area contributed by atoms with Crippen molar-refractivity contribution in [3.8, 4) is 5.75 Å². The lowest BCUT2D eigenvalue weighted by atomic mass is 10.00. The Morgan fingerprint density at radius 1 is 0.767 bits per heavy atom. The predicted molar refractivity (Wildman–Crippen MR) is 122 cm³/mol. The molecule has 0 radical (unpaired) electrons. The number of rotatable bonds is 16. The summed E-state index contributed by atoms with van der Waals surface area (Å²) in [6.45, 7) is 1.50. The maximum absolute atomic E-state index is 10.3. The van der Waals surface area contributed by atoms with E-state index in [1.807, 2.05) is 0 Å². The highest BCUT2D eigenvalue weighted by atomic mass is 16.5. The highest BCUT2D eigenvalue weighted by molar-refractivity contribution is 5.36. The number of benzene rings is 2. The first-order valence-corrected chi connectivity index (χ1v) is 11.4. The van der Waals surface area contributed by atoms with E-state index in [-0.39, 0.29) is 12.4 Å². The number of hydrogen-bond donors (Lipinski definition) is 3. The van der Waals surface area contributed by atoms with Crippen LogP contribution < -0.4 is 0 Å². The molecule has 3 N–H and O–H groups in total. The number of phenols is 1. The fourth-order valence-corrected chi connectivity index (χ4v) is 3.63. The van der Waals surface area contributed by atoms with Crippen LogP contribution in [-0.2, 0) is 17.8 Å². The first-order valence-electron chi connectivity index (χ1n) is 11.4. The van der Waals surface area contributed by atoms with Crippen molar-refractivity contribution in [2.24, 2.45) is 0 Å². The fraction of sp³-hybridized carbons (Fsp3) is 0.538. The molecule has 0 fully saturated rings. The molecular weight excluding hydrogens is 376 g/mol. The summed E-state index contributed by atoms with van der Waals surface area (Å²) in [5, 5.41) is 29.1. The summed E-state index contributed by atoms with van der Waals surface area (Å²) >= 11 is 0. The van der Waals surface area contributed by atoms with Gasteiger partial charge in [0.05, 0.1) is 12.7 Å². The first-order chi connectivity index (χ1) is 14.7. The van der Waals surface area contributed by atoms with Crippen LogP contribution in [0.4, 0.5) is 0 Å². The van der Waals surface area contributed by atoms with Crippen molar-refractivity contribution in [3.05, 3.63) is 65.2 Å². The monoisotopic (exact) mass is 414 g/mol. The van der Waals surface area contributed by atoms with Crippen LogP contribution in [0.3, 0.4) is 0 Å². The number of aliphatic hydroxyl groups is 2. The van der Waals surface area contributed by atoms with Gasteiger partial charge in [-0.25, -0.2) is 0 Å². The van der Waals surface area contributed by atoms with E-state index in [1.165, 1.54) is 37.3 Å². The van der Waals surface area contributed by atoms with E-state index in [0.717, 1.165) is 50.9 Å². The Morgan fingerprint density at radius 3 is 2.17 bits per heavy atom. The van der Waals surface area contributed by atoms with Gasteiger partial charge < -0.3 is 20.1 Å². The van der Waals surface area contributed by atoms with Gasteiger partial charge in [-0.15, -0.1) is 0 Å². The lowest BCUT2D eigenvalue weighted by Gasteiger charge is -2.12. The third kappa shape index (κ3) is 9.75. The smallest absolute Gasteiger partial charge is 0.121 e. The lowest BCUT2D eigenvalue weighted by molar-refractivity contribution is 0.126. The topological polar surface area (TPSA) is 69.9 Å². The Balaban J connectivity index is 1.39. The predicted octanol–water partition coefficient (Wildman–Crippen LogP) is 5.69. The van der Waals surface area contributed by atoms with Crippen LogP contribution in [0.2, 0.25) is 0 Å². The Kier molecular flexibility index (Phi) is 12.2. The van der Waals surface area contributed by atoms with Crippen LogP contribution in [0.1, 0.15) is 80.6 Å². The molecule has 1 unspecified atom stereocenters. The minimum absolute atomic E-state index is 0.0737. The second-order valence-electron chi connectivity index (χ2n) is 8.03. The molecule has 2 rings (SSSR count). The van der Waals surface area contributed by atoms with Gasteiger partial charge in [-0.05, 0) is 55.4 Å². The van der Waals surface area contributed by atoms with Gasteiger partial charge in [0.2, 0.25) is 0 Å². The van der Waals surface area contributed by atoms with E-state index in [0.29, 0.717) is 12.0 Å². The van der Waals surface area contributed by atoms with Crippen LogP contribution in [0.5, 0.6) is 5.75 Å². The molecule has 2 aromatic carbocycles. The Bertz CT molecular complexity index is 687. The van der Waals surface area contributed by atoms with Crippen molar-refractivity contribution in [1.82, 2.24) is 0 Å². The van der Waals surface area contributed by atoms with Crippen molar-refractivity contribution in [2.45, 2.75) is 76.9 Å². The molecule has 30 heavy (non-hydrogen) atoms. The highest BCUT2D eigenvalue weighted by Gasteiger charge is 2.10. The summed E-state index contributed by atoms with van der Waals surface area (Å²) in [5.41, 5.74) is 2.63. The first kappa shape index (κ1) is 24.4. The van der Waals surface area contributed by atoms with Crippen molar-refractivity contribution >= 4 is 0 Å². The zero-order chi connectivity index (χ0) is 21.4. The molecule has 4 heteroatoms. The van der Waals surface area contributed by atoms with E-state index in [4.69, 9.17) is 4.74 Å². The van der Waals surface area contributed by atoms with Crippen LogP contribution >= 0.6 is 0 Å². The average molecular weight is 415 g/mol. The van der Waals surface area contributed by atoms with Crippen molar-refractivity contribution < 1.29 is 20.1 Å². The maximum atomic E-state index is 10.3. The molecule has 0 aliphatic carbocycles. The minimum Gasteiger partial charge on any atom is -0.508 e. The third-order valence-electron chi connectivity index (χ3n) is 5.52. The zero-order valence-electron chi connectivity index (χ0n) is 18.1. The van der Waals surface area contributed by atoms with Crippen molar-refractivity contribution in [2.75, 3.05) is 13.2 Å². The average Bonchev–Trinajstić information content (AvgIpc) is 2.77. The zero-order valence-corrected chi connectivity index (χ0v) is 18.1. The molecule has 0 spiro atoms. The molecule has 1 atom stereocenters. The van der Waals surface area contributed by atoms with Gasteiger partial charge in [-0.3, -0.25) is 0 Å². The summed E-state index contributed by atoms with van der Waals surface area (Å²) in [5.74, 6) is 0.0737. The molecule has 4 nitrogen and oxygen atoms in total. The highest BCUT2D eigenvalue weighted by Crippen LogP contribution is 2.25. The fourth-order valence-electron chi connectivity index (χ4n) is 3.63. The molecule has 0 saturated heterocycles. The quantitative estimate of drug-likeness (QED) is 0.309. The van der Waals surface area contributed by atoms with Gasteiger partial charge in [0.1, 0.15) is 5.75 Å². The van der Waals surface area contributed by atoms with Crippen molar-refractivity contribution in [3.63, 3.8) is 0 Å². The number of hydrogen-bond acceptors (Lipinski definition) is 4. The number of unbranched alkanes of at least 4 members (excludes halogenated alkanes) is 6. The SMILES string of the molecule is OCc1cc(C(O)CCCCCCCCOCCCCc2ccccc2)ccc1O. The summed E-state index contributed by atoms with van der Waals surface area (Å²) in [4.78, 5) is 0. The van der Waals surface area contributed by atoms with Crippen LogP contribution in [0.25, 0.3) is 0 Å². The van der Waals surface area contributed by atoms with Gasteiger partial charge in [0.25, 0.3) is 0 Å². The molecule has 0 aromatic heterocycles. The number of ether oxygens (including phenoxy) is 1. The van der Waals surface area contributed by atoms with Crippen molar-refractivity contribution in [1.29, 1.82) is 0 Å². The number of aliphatic hydroxyl groups excluding tert-OH is 2. The van der Waals surface area contributed by atoms with E-state index >= 15 is 0 Å². The van der Waals surface area contributed by atoms with Gasteiger partial charge in [-0.2, -0.15) is 0 Å². The standard InChI is InChI=1S/C26H38O4/c27-21-24-20-23(16-17-26(24)29)25(28)15-8-3-1-2-4-10-18-30-19-11-9-14-22-12-6-5-7-13-22/h5-7,12-13,16-17,20,25,27-29H,1-4,8-11,14-15,18-19,21H2. The summed E-state index contributed by atoms with van der Waals surface area (Å²) < 4.78 is 5.74. The number of aryl methyl sites for hydroxylation is 1. The second-order valence-corrected chi connectivity index (χ2v) is 8.03. The second kappa shape index (κ2) is 15.0. The number of aromatic hydroxyl groups is 1. The Labute approximate surface area is 181 Å². The van der Waals surface area contributed by atoms with E-state index in [1.54, 1.807) is 12.1 Å². The Hall–Kier alpha value is -1.88. The third-order valence-corrected chi connectivity index (χ3v) is 5.52. The molecule has 0 heterocycles. The van der Waals surface area contributed by atoms with E-state index in [2.05, 4.69) is 30.3 Å². The van der Waals surface area contributed by atoms with E-state index in [9.17, 15) is 15.3 Å². The molecule has 0 aliphatic heterocycles. The van der Waals surface area contributed by atoms with Crippen LogP contribution in [0, 0.1) is 0 Å². The van der Waals surface area contributed by atoms with Gasteiger partial charge in [0.15, 0.2) is 0 Å². The molecule has 0 bridgehead atoms. The summed E-state index contributed by atoms with van der Waals surface area (Å²) in [6, 6.07) is 15.6. The molecule has 166 valence electrons. The molecule has 0 saturated carbocycles. The molecule has 0 aliphatic rings. The minimum atomic E-state index is -0.536. The Morgan fingerprint density at radius 2 is 1.43 bits per heavy atom. The summed E-state index contributed by atoms with van der Waals surface area (Å²) in [6.07, 6.45) is 10.4.